The fourth-order valence-corrected chi connectivity index (χ4v) is 8.31. The van der Waals surface area contributed by atoms with E-state index in [1.807, 2.05) is 0 Å². The number of benzene rings is 2. The van der Waals surface area contributed by atoms with Gasteiger partial charge >= 0.3 is 5.97 Å². The van der Waals surface area contributed by atoms with Crippen molar-refractivity contribution in [2.45, 2.75) is 107 Å². The Labute approximate surface area is 376 Å². The molecule has 0 saturated carbocycles. The molecule has 21 heteroatoms. The van der Waals surface area contributed by atoms with Crippen molar-refractivity contribution in [2.24, 2.45) is 16.5 Å². The minimum atomic E-state index is -1.54. The van der Waals surface area contributed by atoms with Crippen molar-refractivity contribution in [1.82, 2.24) is 41.7 Å². The van der Waals surface area contributed by atoms with Gasteiger partial charge in [0.2, 0.25) is 41.4 Å². The Bertz CT molecular complexity index is 2010. The molecule has 3 aliphatic rings. The van der Waals surface area contributed by atoms with Crippen molar-refractivity contribution in [3.63, 3.8) is 0 Å². The Kier molecular flexibility index (Phi) is 18.6. The fraction of sp³-hybridized carbons (Fsp3) is 0.523. The second kappa shape index (κ2) is 24.5. The Balaban J connectivity index is 1.23. The molecular formula is C44H61N11O10. The Morgan fingerprint density at radius 2 is 1.28 bits per heavy atom. The summed E-state index contributed by atoms with van der Waals surface area (Å²) in [6.45, 7) is 0.0243. The topological polar surface area (TPSA) is 320 Å². The molecule has 65 heavy (non-hydrogen) atoms. The minimum Gasteiger partial charge on any atom is -0.480 e. The van der Waals surface area contributed by atoms with E-state index in [9.17, 15) is 48.6 Å². The van der Waals surface area contributed by atoms with Gasteiger partial charge in [-0.3, -0.25) is 38.6 Å². The molecule has 2 aromatic rings. The number of carbonyl (C=O) groups excluding carboxylic acids is 7. The van der Waals surface area contributed by atoms with Crippen LogP contribution in [0.1, 0.15) is 62.5 Å². The number of aliphatic carboxylic acids is 1. The molecule has 0 spiro atoms. The molecule has 0 radical (unpaired) electrons. The van der Waals surface area contributed by atoms with Crippen molar-refractivity contribution in [2.75, 3.05) is 39.3 Å². The van der Waals surface area contributed by atoms with Crippen molar-refractivity contribution in [3.05, 3.63) is 71.8 Å². The first kappa shape index (κ1) is 49.4. The second-order valence-electron chi connectivity index (χ2n) is 16.4. The van der Waals surface area contributed by atoms with Crippen molar-refractivity contribution in [3.8, 4) is 0 Å². The molecule has 0 bridgehead atoms. The van der Waals surface area contributed by atoms with E-state index in [0.29, 0.717) is 43.4 Å². The summed E-state index contributed by atoms with van der Waals surface area (Å²) in [4.78, 5) is 114. The molecule has 3 saturated heterocycles. The van der Waals surface area contributed by atoms with Crippen LogP contribution >= 0.6 is 0 Å². The van der Waals surface area contributed by atoms with E-state index in [0.717, 1.165) is 13.0 Å². The van der Waals surface area contributed by atoms with Crippen LogP contribution in [0.5, 0.6) is 0 Å². The number of nitrogens with one attached hydrogen (secondary N) is 6. The molecule has 0 unspecified atom stereocenters. The average molecular weight is 904 g/mol. The van der Waals surface area contributed by atoms with Gasteiger partial charge in [-0.15, -0.1) is 0 Å². The highest BCUT2D eigenvalue weighted by Gasteiger charge is 2.41. The van der Waals surface area contributed by atoms with Crippen LogP contribution in [-0.4, -0.2) is 155 Å². The Morgan fingerprint density at radius 1 is 0.708 bits per heavy atom. The molecule has 3 fully saturated rings. The van der Waals surface area contributed by atoms with E-state index in [4.69, 9.17) is 11.5 Å². The lowest BCUT2D eigenvalue weighted by atomic mass is 10.0. The molecule has 12 N–H and O–H groups in total. The molecule has 21 nitrogen and oxygen atoms in total. The van der Waals surface area contributed by atoms with E-state index in [1.54, 1.807) is 65.6 Å². The van der Waals surface area contributed by atoms with E-state index in [2.05, 4.69) is 36.9 Å². The Morgan fingerprint density at radius 3 is 1.83 bits per heavy atom. The quantitative estimate of drug-likeness (QED) is 0.0330. The zero-order valence-corrected chi connectivity index (χ0v) is 36.3. The van der Waals surface area contributed by atoms with Gasteiger partial charge in [0.15, 0.2) is 5.96 Å². The lowest BCUT2D eigenvalue weighted by Crippen LogP contribution is -2.60. The molecule has 3 aliphatic heterocycles. The van der Waals surface area contributed by atoms with E-state index >= 15 is 0 Å². The summed E-state index contributed by atoms with van der Waals surface area (Å²) in [5, 5.41) is 36.4. The molecule has 7 atom stereocenters. The van der Waals surface area contributed by atoms with Gasteiger partial charge in [-0.05, 0) is 69.0 Å². The number of likely N-dealkylation sites (tertiary alicyclic amines) is 2. The number of nitrogens with two attached hydrogens (primary N) is 2. The molecule has 2 aromatic carbocycles. The van der Waals surface area contributed by atoms with Gasteiger partial charge in [0, 0.05) is 32.5 Å². The standard InChI is InChI=1S/C44H61N11O10/c45-44(46)48-20-8-16-30(43(64)65)51-38(59)32(24-28-13-5-2-6-14-28)52-40(61)35-18-10-22-55(35)42(63)33(26-56)53-37(58)31(23-27-11-3-1-4-12-27)50-36(57)25-49-39(60)34-17-9-21-54(34)41(62)29-15-7-19-47-29/h1-6,11-14,29-35,47,56H,7-10,15-26H2,(H,49,60)(H,50,57)(H,51,59)(H,52,61)(H,53,58)(H,64,65)(H4,45,46,48)/t29-,30-,31-,32-,33+,34-,35-/m0/s1. The van der Waals surface area contributed by atoms with Gasteiger partial charge < -0.3 is 63.4 Å². The fourth-order valence-electron chi connectivity index (χ4n) is 8.31. The number of carboxylic acids is 1. The first-order valence-electron chi connectivity index (χ1n) is 22.0. The number of rotatable bonds is 22. The smallest absolute Gasteiger partial charge is 0.326 e. The largest absolute Gasteiger partial charge is 0.480 e. The predicted octanol–water partition coefficient (Wildman–Crippen LogP) is -2.61. The maximum Gasteiger partial charge on any atom is 0.326 e. The van der Waals surface area contributed by atoms with Crippen LogP contribution in [0.4, 0.5) is 0 Å². The van der Waals surface area contributed by atoms with Gasteiger partial charge in [0.05, 0.1) is 19.2 Å². The summed E-state index contributed by atoms with van der Waals surface area (Å²) in [6, 6.07) is 9.92. The van der Waals surface area contributed by atoms with Gasteiger partial charge in [0.25, 0.3) is 0 Å². The van der Waals surface area contributed by atoms with Crippen LogP contribution in [0, 0.1) is 0 Å². The molecule has 7 amide bonds. The third-order valence-electron chi connectivity index (χ3n) is 11.7. The highest BCUT2D eigenvalue weighted by Crippen LogP contribution is 2.22. The van der Waals surface area contributed by atoms with E-state index < -0.39 is 90.8 Å². The SMILES string of the molecule is NC(N)=NCCC[C@H](NC(=O)[C@H](Cc1ccccc1)NC(=O)[C@@H]1CCCN1C(=O)[C@@H](CO)NC(=O)[C@H](Cc1ccccc1)NC(=O)CNC(=O)[C@@H]1CCCN1C(=O)[C@@H]1CCCN1)C(=O)O. The summed E-state index contributed by atoms with van der Waals surface area (Å²) in [5.74, 6) is -5.87. The average Bonchev–Trinajstić information content (AvgIpc) is 4.12. The van der Waals surface area contributed by atoms with Crippen LogP contribution in [0.15, 0.2) is 65.7 Å². The highest BCUT2D eigenvalue weighted by molar-refractivity contribution is 5.97. The number of carboxylic acid groups (broad SMARTS) is 1. The van der Waals surface area contributed by atoms with Crippen LogP contribution < -0.4 is 43.4 Å². The lowest BCUT2D eigenvalue weighted by molar-refractivity contribution is -0.144. The maximum atomic E-state index is 14.0. The number of nitrogens with zero attached hydrogens (tertiary/aromatic N) is 3. The van der Waals surface area contributed by atoms with Crippen LogP contribution in [0.2, 0.25) is 0 Å². The second-order valence-corrected chi connectivity index (χ2v) is 16.4. The van der Waals surface area contributed by atoms with Gasteiger partial charge in [-0.1, -0.05) is 60.7 Å². The van der Waals surface area contributed by atoms with Crippen LogP contribution in [-0.2, 0) is 51.2 Å². The Hall–Kier alpha value is -6.61. The summed E-state index contributed by atoms with van der Waals surface area (Å²) >= 11 is 0. The first-order valence-corrected chi connectivity index (χ1v) is 22.0. The van der Waals surface area contributed by atoms with E-state index in [-0.39, 0.29) is 63.1 Å². The lowest BCUT2D eigenvalue weighted by Gasteiger charge is -2.30. The maximum absolute atomic E-state index is 14.0. The molecule has 0 aromatic heterocycles. The minimum absolute atomic E-state index is 0.00348. The van der Waals surface area contributed by atoms with Crippen molar-refractivity contribution >= 4 is 53.3 Å². The molecule has 3 heterocycles. The molecular weight excluding hydrogens is 843 g/mol. The number of guanidine groups is 1. The van der Waals surface area contributed by atoms with Crippen molar-refractivity contribution in [1.29, 1.82) is 0 Å². The van der Waals surface area contributed by atoms with Gasteiger partial charge in [0.1, 0.15) is 36.3 Å². The molecule has 0 aliphatic carbocycles. The summed E-state index contributed by atoms with van der Waals surface area (Å²) in [5.41, 5.74) is 12.0. The van der Waals surface area contributed by atoms with Crippen LogP contribution in [0.3, 0.4) is 0 Å². The zero-order valence-electron chi connectivity index (χ0n) is 36.3. The molecule has 5 rings (SSSR count). The van der Waals surface area contributed by atoms with Crippen molar-refractivity contribution < 1.29 is 48.6 Å². The number of aliphatic hydroxyl groups is 1. The zero-order chi connectivity index (χ0) is 46.9. The number of amides is 7. The summed E-state index contributed by atoms with van der Waals surface area (Å²) in [6.07, 6.45) is 3.42. The normalized spacial score (nSPS) is 19.8. The van der Waals surface area contributed by atoms with Crippen LogP contribution in [0.25, 0.3) is 0 Å². The highest BCUT2D eigenvalue weighted by atomic mass is 16.4. The van der Waals surface area contributed by atoms with Gasteiger partial charge in [-0.25, -0.2) is 4.79 Å². The number of carbonyl (C=O) groups is 8. The molecule has 352 valence electrons. The monoisotopic (exact) mass is 903 g/mol. The number of aliphatic hydroxyl groups excluding tert-OH is 1. The van der Waals surface area contributed by atoms with E-state index in [1.165, 1.54) is 4.90 Å². The number of aliphatic imine (C=N–C) groups is 1. The number of hydrogen-bond acceptors (Lipinski definition) is 11. The first-order chi connectivity index (χ1) is 31.2. The van der Waals surface area contributed by atoms with Gasteiger partial charge in [-0.2, -0.15) is 0 Å². The summed E-state index contributed by atoms with van der Waals surface area (Å²) in [7, 11) is 0. The third kappa shape index (κ3) is 14.4. The summed E-state index contributed by atoms with van der Waals surface area (Å²) < 4.78 is 0. The number of hydrogen-bond donors (Lipinski definition) is 10. The predicted molar refractivity (Wildman–Crippen MR) is 236 cm³/mol. The third-order valence-corrected chi connectivity index (χ3v) is 11.7.